The van der Waals surface area contributed by atoms with Gasteiger partial charge in [-0.05, 0) is 51.1 Å². The van der Waals surface area contributed by atoms with Crippen LogP contribution in [-0.2, 0) is 0 Å². The van der Waals surface area contributed by atoms with Crippen molar-refractivity contribution >= 4 is 0 Å². The number of nitrogens with one attached hydrogen (secondary N) is 1. The molecule has 1 heterocycles. The lowest BCUT2D eigenvalue weighted by molar-refractivity contribution is 0.181. The molecule has 1 N–H and O–H groups in total. The van der Waals surface area contributed by atoms with Crippen molar-refractivity contribution in [3.8, 4) is 0 Å². The van der Waals surface area contributed by atoms with Crippen molar-refractivity contribution in [3.63, 3.8) is 0 Å². The van der Waals surface area contributed by atoms with E-state index in [1.165, 1.54) is 32.4 Å². The van der Waals surface area contributed by atoms with E-state index in [-0.39, 0.29) is 0 Å². The predicted octanol–water partition coefficient (Wildman–Crippen LogP) is 3.13. The van der Waals surface area contributed by atoms with E-state index in [1.54, 1.807) is 0 Å². The quantitative estimate of drug-likeness (QED) is 0.735. The van der Waals surface area contributed by atoms with Crippen LogP contribution in [0.25, 0.3) is 0 Å². The van der Waals surface area contributed by atoms with Crippen LogP contribution in [0.3, 0.4) is 0 Å². The van der Waals surface area contributed by atoms with E-state index in [9.17, 15) is 0 Å². The molecule has 0 aromatic rings. The van der Waals surface area contributed by atoms with Crippen molar-refractivity contribution in [3.05, 3.63) is 0 Å². The second kappa shape index (κ2) is 7.38. The number of hydrogen-bond acceptors (Lipinski definition) is 2. The van der Waals surface area contributed by atoms with Gasteiger partial charge in [0.15, 0.2) is 0 Å². The van der Waals surface area contributed by atoms with E-state index in [0.717, 1.165) is 24.4 Å². The minimum absolute atomic E-state index is 0.652. The molecule has 0 bridgehead atoms. The minimum Gasteiger partial charge on any atom is -0.313 e. The van der Waals surface area contributed by atoms with Gasteiger partial charge >= 0.3 is 0 Å². The van der Waals surface area contributed by atoms with Crippen LogP contribution in [0.2, 0.25) is 0 Å². The molecule has 1 fully saturated rings. The van der Waals surface area contributed by atoms with Crippen LogP contribution in [-0.4, -0.2) is 36.6 Å². The Morgan fingerprint density at radius 1 is 1.00 bits per heavy atom. The summed E-state index contributed by atoms with van der Waals surface area (Å²) in [7, 11) is 0. The molecular formula is C15H32N2. The van der Waals surface area contributed by atoms with E-state index in [2.05, 4.69) is 44.8 Å². The monoisotopic (exact) mass is 240 g/mol. The Kier molecular flexibility index (Phi) is 6.50. The Morgan fingerprint density at radius 3 is 2.06 bits per heavy atom. The Hall–Kier alpha value is -0.0800. The van der Waals surface area contributed by atoms with Crippen molar-refractivity contribution in [1.82, 2.24) is 10.2 Å². The molecule has 0 aromatic heterocycles. The van der Waals surface area contributed by atoms with E-state index in [0.29, 0.717) is 6.04 Å². The van der Waals surface area contributed by atoms with E-state index < -0.39 is 0 Å². The topological polar surface area (TPSA) is 15.3 Å². The van der Waals surface area contributed by atoms with Gasteiger partial charge in [0.2, 0.25) is 0 Å². The lowest BCUT2D eigenvalue weighted by Crippen LogP contribution is -2.46. The summed E-state index contributed by atoms with van der Waals surface area (Å²) in [6.45, 7) is 15.4. The predicted molar refractivity (Wildman–Crippen MR) is 76.4 cm³/mol. The number of rotatable bonds is 7. The van der Waals surface area contributed by atoms with E-state index in [1.807, 2.05) is 0 Å². The molecule has 1 rings (SSSR count). The summed E-state index contributed by atoms with van der Waals surface area (Å²) in [6, 6.07) is 1.38. The average Bonchev–Trinajstić information content (AvgIpc) is 2.69. The average molecular weight is 240 g/mol. The molecule has 0 amide bonds. The zero-order valence-electron chi connectivity index (χ0n) is 12.5. The van der Waals surface area contributed by atoms with Crippen molar-refractivity contribution in [2.75, 3.05) is 19.6 Å². The normalized spacial score (nSPS) is 21.4. The first-order valence-corrected chi connectivity index (χ1v) is 7.48. The summed E-state index contributed by atoms with van der Waals surface area (Å²) in [5.74, 6) is 1.55. The molecule has 17 heavy (non-hydrogen) atoms. The summed E-state index contributed by atoms with van der Waals surface area (Å²) in [4.78, 5) is 2.68. The fourth-order valence-electron chi connectivity index (χ4n) is 2.97. The molecule has 0 saturated carbocycles. The molecule has 1 saturated heterocycles. The fraction of sp³-hybridized carbons (Fsp3) is 1.00. The molecule has 1 aliphatic heterocycles. The third-order valence-electron chi connectivity index (χ3n) is 3.88. The summed E-state index contributed by atoms with van der Waals surface area (Å²) in [5, 5.41) is 3.73. The number of nitrogens with zero attached hydrogens (tertiary/aromatic N) is 1. The molecule has 102 valence electrons. The Morgan fingerprint density at radius 2 is 1.59 bits per heavy atom. The van der Waals surface area contributed by atoms with Crippen molar-refractivity contribution in [1.29, 1.82) is 0 Å². The maximum atomic E-state index is 3.73. The molecule has 2 atom stereocenters. The van der Waals surface area contributed by atoms with Crippen molar-refractivity contribution in [2.24, 2.45) is 11.8 Å². The van der Waals surface area contributed by atoms with Gasteiger partial charge in [0, 0.05) is 18.6 Å². The van der Waals surface area contributed by atoms with Crippen LogP contribution < -0.4 is 5.32 Å². The second-order valence-electron chi connectivity index (χ2n) is 6.49. The minimum atomic E-state index is 0.652. The van der Waals surface area contributed by atoms with E-state index in [4.69, 9.17) is 0 Å². The summed E-state index contributed by atoms with van der Waals surface area (Å²) in [5.41, 5.74) is 0. The molecule has 0 aliphatic carbocycles. The molecule has 0 spiro atoms. The third kappa shape index (κ3) is 5.39. The number of likely N-dealkylation sites (tertiary alicyclic amines) is 1. The molecular weight excluding hydrogens is 208 g/mol. The van der Waals surface area contributed by atoms with Crippen LogP contribution in [0.4, 0.5) is 0 Å². The second-order valence-corrected chi connectivity index (χ2v) is 6.49. The molecule has 2 nitrogen and oxygen atoms in total. The van der Waals surface area contributed by atoms with Gasteiger partial charge in [-0.2, -0.15) is 0 Å². The van der Waals surface area contributed by atoms with Crippen molar-refractivity contribution in [2.45, 2.75) is 66.0 Å². The van der Waals surface area contributed by atoms with Crippen molar-refractivity contribution < 1.29 is 0 Å². The zero-order chi connectivity index (χ0) is 12.8. The largest absolute Gasteiger partial charge is 0.313 e. The van der Waals surface area contributed by atoms with E-state index >= 15 is 0 Å². The summed E-state index contributed by atoms with van der Waals surface area (Å²) < 4.78 is 0. The first-order chi connectivity index (χ1) is 8.00. The Bertz CT molecular complexity index is 195. The molecule has 2 unspecified atom stereocenters. The Balaban J connectivity index is 2.33. The summed E-state index contributed by atoms with van der Waals surface area (Å²) >= 11 is 0. The highest BCUT2D eigenvalue weighted by molar-refractivity contribution is 4.81. The first kappa shape index (κ1) is 15.0. The standard InChI is InChI=1S/C15H32N2/c1-12(2)10-14(5)16-11-15(13(3)4)17-8-6-7-9-17/h12-16H,6-11H2,1-5H3. The fourth-order valence-corrected chi connectivity index (χ4v) is 2.97. The smallest absolute Gasteiger partial charge is 0.0243 e. The maximum absolute atomic E-state index is 3.73. The van der Waals surface area contributed by atoms with Crippen LogP contribution in [0.15, 0.2) is 0 Å². The van der Waals surface area contributed by atoms with Gasteiger partial charge in [-0.25, -0.2) is 0 Å². The van der Waals surface area contributed by atoms with Crippen LogP contribution in [0.1, 0.15) is 53.9 Å². The van der Waals surface area contributed by atoms with Crippen LogP contribution in [0, 0.1) is 11.8 Å². The highest BCUT2D eigenvalue weighted by Gasteiger charge is 2.24. The lowest BCUT2D eigenvalue weighted by Gasteiger charge is -2.32. The first-order valence-electron chi connectivity index (χ1n) is 7.48. The van der Waals surface area contributed by atoms with Gasteiger partial charge in [0.05, 0.1) is 0 Å². The molecule has 1 aliphatic rings. The van der Waals surface area contributed by atoms with Gasteiger partial charge in [-0.3, -0.25) is 4.90 Å². The number of hydrogen-bond donors (Lipinski definition) is 1. The maximum Gasteiger partial charge on any atom is 0.0243 e. The SMILES string of the molecule is CC(C)CC(C)NCC(C(C)C)N1CCCC1. The van der Waals surface area contributed by atoms with Gasteiger partial charge < -0.3 is 5.32 Å². The lowest BCUT2D eigenvalue weighted by atomic mass is 10.0. The van der Waals surface area contributed by atoms with Gasteiger partial charge in [0.1, 0.15) is 0 Å². The van der Waals surface area contributed by atoms with Crippen LogP contribution >= 0.6 is 0 Å². The molecule has 0 aromatic carbocycles. The van der Waals surface area contributed by atoms with Gasteiger partial charge in [-0.1, -0.05) is 27.7 Å². The zero-order valence-corrected chi connectivity index (χ0v) is 12.5. The summed E-state index contributed by atoms with van der Waals surface area (Å²) in [6.07, 6.45) is 4.07. The van der Waals surface area contributed by atoms with Gasteiger partial charge in [0.25, 0.3) is 0 Å². The third-order valence-corrected chi connectivity index (χ3v) is 3.88. The molecule has 2 heteroatoms. The highest BCUT2D eigenvalue weighted by atomic mass is 15.2. The molecule has 0 radical (unpaired) electrons. The highest BCUT2D eigenvalue weighted by Crippen LogP contribution is 2.17. The van der Waals surface area contributed by atoms with Crippen LogP contribution in [0.5, 0.6) is 0 Å². The Labute approximate surface area is 108 Å². The van der Waals surface area contributed by atoms with Gasteiger partial charge in [-0.15, -0.1) is 0 Å².